The second-order valence-electron chi connectivity index (χ2n) is 0.262. The normalized spacial score (nSPS) is 4.25. The molecule has 0 aliphatic heterocycles. The molecular weight excluding hydrogens is 166 g/mol. The molecule has 0 N–H and O–H groups in total. The van der Waals surface area contributed by atoms with Crippen molar-refractivity contribution in [2.45, 2.75) is 0 Å². The SMILES string of the molecule is O=B[CH-]I. The van der Waals surface area contributed by atoms with Crippen molar-refractivity contribution in [2.24, 2.45) is 0 Å². The van der Waals surface area contributed by atoms with Gasteiger partial charge in [-0.3, -0.25) is 0 Å². The van der Waals surface area contributed by atoms with Gasteiger partial charge in [0.05, 0.1) is 0 Å². The monoisotopic (exact) mass is 167 g/mol. The number of rotatable bonds is 1. The Morgan fingerprint density at radius 1 is 2.00 bits per heavy atom. The molecule has 0 fully saturated rings. The van der Waals surface area contributed by atoms with Crippen molar-refractivity contribution in [1.29, 1.82) is 0 Å². The Morgan fingerprint density at radius 2 is 2.25 bits per heavy atom. The number of halogens is 1. The Hall–Kier alpha value is 0.465. The quantitative estimate of drug-likeness (QED) is 0.317. The fourth-order valence-corrected chi connectivity index (χ4v) is 0. The molecule has 0 rings (SSSR count). The molecule has 0 amide bonds. The van der Waals surface area contributed by atoms with Gasteiger partial charge in [0.25, 0.3) is 0 Å². The summed E-state index contributed by atoms with van der Waals surface area (Å²) in [6.45, 7) is 0. The van der Waals surface area contributed by atoms with Crippen molar-refractivity contribution in [3.05, 3.63) is 4.33 Å². The second-order valence-corrected chi connectivity index (χ2v) is 0.981. The third-order valence-corrected chi connectivity index (χ3v) is 0.345. The van der Waals surface area contributed by atoms with Gasteiger partial charge in [0.1, 0.15) is 0 Å². The summed E-state index contributed by atoms with van der Waals surface area (Å²) in [4.78, 5) is 0. The average molecular weight is 167 g/mol. The predicted octanol–water partition coefficient (Wildman–Crippen LogP) is 0.590. The van der Waals surface area contributed by atoms with Crippen molar-refractivity contribution in [1.82, 2.24) is 0 Å². The van der Waals surface area contributed by atoms with Gasteiger partial charge in [0.2, 0.25) is 0 Å². The molecule has 0 bridgehead atoms. The summed E-state index contributed by atoms with van der Waals surface area (Å²) in [5.41, 5.74) is 0. The van der Waals surface area contributed by atoms with Gasteiger partial charge in [0, 0.05) is 0 Å². The van der Waals surface area contributed by atoms with Crippen molar-refractivity contribution < 1.29 is 4.70 Å². The fraction of sp³-hybridized carbons (Fsp3) is 0. The molecule has 0 aliphatic rings. The summed E-state index contributed by atoms with van der Waals surface area (Å²) in [6, 6.07) is 0. The number of hydrogen-bond donors (Lipinski definition) is 0. The summed E-state index contributed by atoms with van der Waals surface area (Å²) in [5.74, 6) is 0. The van der Waals surface area contributed by atoms with Crippen molar-refractivity contribution in [3.8, 4) is 0 Å². The van der Waals surface area contributed by atoms with Crippen LogP contribution in [0, 0.1) is 4.33 Å². The minimum absolute atomic E-state index is 0.737. The third kappa shape index (κ3) is 2.46. The Kier molecular flexibility index (Phi) is 3.87. The van der Waals surface area contributed by atoms with E-state index in [2.05, 4.69) is 0 Å². The molecule has 0 aliphatic carbocycles. The minimum atomic E-state index is 0.737. The van der Waals surface area contributed by atoms with Gasteiger partial charge >= 0.3 is 38.8 Å². The van der Waals surface area contributed by atoms with Crippen LogP contribution in [0.1, 0.15) is 0 Å². The van der Waals surface area contributed by atoms with Crippen LogP contribution in [-0.2, 0) is 4.70 Å². The van der Waals surface area contributed by atoms with E-state index in [1.165, 1.54) is 4.33 Å². The molecule has 0 heterocycles. The van der Waals surface area contributed by atoms with Gasteiger partial charge in [-0.1, -0.05) is 0 Å². The molecule has 4 heavy (non-hydrogen) atoms. The Labute approximate surface area is 39.2 Å². The zero-order valence-corrected chi connectivity index (χ0v) is 4.10. The van der Waals surface area contributed by atoms with Gasteiger partial charge in [0.15, 0.2) is 0 Å². The predicted molar refractivity (Wildman–Crippen MR) is 24.8 cm³/mol. The summed E-state index contributed by atoms with van der Waals surface area (Å²) in [7, 11) is 0.737. The first-order valence-corrected chi connectivity index (χ1v) is 2.03. The first-order chi connectivity index (χ1) is 1.91. The van der Waals surface area contributed by atoms with Gasteiger partial charge in [-0.2, -0.15) is 0 Å². The van der Waals surface area contributed by atoms with Crippen LogP contribution in [0.25, 0.3) is 0 Å². The molecular formula is CHBIO-. The van der Waals surface area contributed by atoms with E-state index in [0.29, 0.717) is 0 Å². The topological polar surface area (TPSA) is 17.1 Å². The molecule has 1 nitrogen and oxygen atoms in total. The Balaban J connectivity index is 2.30. The molecule has 0 aromatic heterocycles. The van der Waals surface area contributed by atoms with E-state index in [1.807, 2.05) is 22.6 Å². The molecule has 0 aromatic rings. The Morgan fingerprint density at radius 3 is 2.25 bits per heavy atom. The molecule has 0 spiro atoms. The van der Waals surface area contributed by atoms with E-state index in [-0.39, 0.29) is 0 Å². The number of hydrogen-bond acceptors (Lipinski definition) is 1. The summed E-state index contributed by atoms with van der Waals surface area (Å²) >= 11 is 1.86. The van der Waals surface area contributed by atoms with Crippen LogP contribution in [0.15, 0.2) is 0 Å². The maximum absolute atomic E-state index is 9.11. The molecule has 0 saturated heterocycles. The van der Waals surface area contributed by atoms with Crippen LogP contribution in [0.3, 0.4) is 0 Å². The summed E-state index contributed by atoms with van der Waals surface area (Å²) < 4.78 is 10.5. The van der Waals surface area contributed by atoms with E-state index in [0.717, 1.165) is 7.15 Å². The zero-order valence-electron chi connectivity index (χ0n) is 1.94. The first-order valence-electron chi connectivity index (χ1n) is 0.787. The second kappa shape index (κ2) is 3.46. The van der Waals surface area contributed by atoms with E-state index in [9.17, 15) is 0 Å². The maximum atomic E-state index is 9.11. The van der Waals surface area contributed by atoms with Gasteiger partial charge in [-0.25, -0.2) is 0 Å². The molecule has 0 unspecified atom stereocenters. The van der Waals surface area contributed by atoms with E-state index in [4.69, 9.17) is 4.70 Å². The third-order valence-electron chi connectivity index (χ3n) is 0.0514. The average Bonchev–Trinajstić information content (AvgIpc) is 1.37. The van der Waals surface area contributed by atoms with Crippen LogP contribution in [0.4, 0.5) is 0 Å². The van der Waals surface area contributed by atoms with E-state index in [1.54, 1.807) is 0 Å². The first kappa shape index (κ1) is 4.46. The molecule has 0 radical (unpaired) electrons. The standard InChI is InChI=1S/CHBIO/c3-1-2-4/h1H/q-1. The fourth-order valence-electron chi connectivity index (χ4n) is 0. The molecule has 22 valence electrons. The zero-order chi connectivity index (χ0) is 3.41. The molecule has 3 heteroatoms. The van der Waals surface area contributed by atoms with Crippen LogP contribution >= 0.6 is 22.6 Å². The molecule has 0 saturated carbocycles. The van der Waals surface area contributed by atoms with Gasteiger partial charge < -0.3 is 0 Å². The van der Waals surface area contributed by atoms with Crippen LogP contribution < -0.4 is 0 Å². The van der Waals surface area contributed by atoms with Crippen molar-refractivity contribution in [2.75, 3.05) is 0 Å². The van der Waals surface area contributed by atoms with Crippen LogP contribution in [-0.4, -0.2) is 7.15 Å². The van der Waals surface area contributed by atoms with Crippen molar-refractivity contribution in [3.63, 3.8) is 0 Å². The molecule has 0 atom stereocenters. The van der Waals surface area contributed by atoms with Gasteiger partial charge in [-0.15, -0.1) is 0 Å². The van der Waals surface area contributed by atoms with Gasteiger partial charge in [-0.05, 0) is 0 Å². The van der Waals surface area contributed by atoms with Crippen LogP contribution in [0.2, 0.25) is 0 Å². The summed E-state index contributed by atoms with van der Waals surface area (Å²) in [5, 5.41) is 0. The summed E-state index contributed by atoms with van der Waals surface area (Å²) in [6.07, 6.45) is 0. The van der Waals surface area contributed by atoms with E-state index >= 15 is 0 Å². The Bertz CT molecular complexity index is 22.0. The van der Waals surface area contributed by atoms with Crippen molar-refractivity contribution >= 4 is 29.7 Å². The van der Waals surface area contributed by atoms with E-state index < -0.39 is 0 Å². The molecule has 0 aromatic carbocycles. The van der Waals surface area contributed by atoms with Crippen LogP contribution in [0.5, 0.6) is 0 Å².